The highest BCUT2D eigenvalue weighted by atomic mass is 16.5. The Labute approximate surface area is 142 Å². The molecule has 1 fully saturated rings. The Hall–Kier alpha value is -2.30. The van der Waals surface area contributed by atoms with E-state index in [0.717, 1.165) is 22.8 Å². The number of benzene rings is 1. The number of aromatic nitrogens is 2. The lowest BCUT2D eigenvalue weighted by Crippen LogP contribution is -2.18. The van der Waals surface area contributed by atoms with E-state index in [1.54, 1.807) is 7.11 Å². The van der Waals surface area contributed by atoms with Crippen molar-refractivity contribution in [1.82, 2.24) is 9.55 Å². The molecule has 1 aromatic carbocycles. The van der Waals surface area contributed by atoms with Crippen LogP contribution >= 0.6 is 0 Å². The molecule has 24 heavy (non-hydrogen) atoms. The maximum atomic E-state index is 11.9. The van der Waals surface area contributed by atoms with E-state index in [0.29, 0.717) is 19.1 Å². The van der Waals surface area contributed by atoms with Crippen molar-refractivity contribution in [3.05, 3.63) is 36.2 Å². The number of carbonyl (C=O) groups excluding carboxylic acids is 1. The van der Waals surface area contributed by atoms with Crippen molar-refractivity contribution in [2.45, 2.75) is 39.2 Å². The summed E-state index contributed by atoms with van der Waals surface area (Å²) in [6, 6.07) is 8.44. The summed E-state index contributed by atoms with van der Waals surface area (Å²) in [5.74, 6) is 1.49. The van der Waals surface area contributed by atoms with E-state index in [1.807, 2.05) is 44.3 Å². The third-order valence-corrected chi connectivity index (χ3v) is 4.34. The number of ether oxygens (including phenoxy) is 2. The monoisotopic (exact) mass is 328 g/mol. The second-order valence-corrected chi connectivity index (χ2v) is 6.26. The molecule has 3 rings (SSSR count). The third kappa shape index (κ3) is 3.45. The lowest BCUT2D eigenvalue weighted by Gasteiger charge is -2.14. The molecule has 1 atom stereocenters. The summed E-state index contributed by atoms with van der Waals surface area (Å²) in [6.07, 6.45) is 4.88. The van der Waals surface area contributed by atoms with Crippen LogP contribution in [0.2, 0.25) is 0 Å². The number of hydrogen-bond acceptors (Lipinski definition) is 4. The average molecular weight is 328 g/mol. The van der Waals surface area contributed by atoms with E-state index in [9.17, 15) is 4.79 Å². The smallest absolute Gasteiger partial charge is 0.309 e. The van der Waals surface area contributed by atoms with Crippen LogP contribution in [0.25, 0.3) is 11.4 Å². The van der Waals surface area contributed by atoms with E-state index in [1.165, 1.54) is 12.8 Å². The number of rotatable bonds is 7. The Kier molecular flexibility index (Phi) is 4.88. The van der Waals surface area contributed by atoms with Crippen LogP contribution in [-0.2, 0) is 16.0 Å². The summed E-state index contributed by atoms with van der Waals surface area (Å²) in [5.41, 5.74) is 2.17. The molecule has 1 aliphatic rings. The highest BCUT2D eigenvalue weighted by Gasteiger charge is 2.30. The summed E-state index contributed by atoms with van der Waals surface area (Å²) < 4.78 is 12.6. The second kappa shape index (κ2) is 7.07. The summed E-state index contributed by atoms with van der Waals surface area (Å²) in [5, 5.41) is 0. The predicted molar refractivity (Wildman–Crippen MR) is 92.0 cm³/mol. The molecular weight excluding hydrogens is 304 g/mol. The average Bonchev–Trinajstić information content (AvgIpc) is 3.35. The molecule has 0 N–H and O–H groups in total. The summed E-state index contributed by atoms with van der Waals surface area (Å²) in [6.45, 7) is 4.16. The number of hydrogen-bond donors (Lipinski definition) is 0. The molecule has 0 spiro atoms. The molecule has 1 aromatic heterocycles. The Morgan fingerprint density at radius 3 is 2.62 bits per heavy atom. The van der Waals surface area contributed by atoms with Crippen molar-refractivity contribution in [3.63, 3.8) is 0 Å². The fraction of sp³-hybridized carbons (Fsp3) is 0.474. The molecule has 128 valence electrons. The van der Waals surface area contributed by atoms with Gasteiger partial charge in [-0.2, -0.15) is 0 Å². The van der Waals surface area contributed by atoms with Crippen molar-refractivity contribution >= 4 is 5.97 Å². The van der Waals surface area contributed by atoms with Gasteiger partial charge in [-0.05, 0) is 44.0 Å². The van der Waals surface area contributed by atoms with Crippen molar-refractivity contribution in [2.24, 2.45) is 5.92 Å². The fourth-order valence-electron chi connectivity index (χ4n) is 2.92. The minimum Gasteiger partial charge on any atom is -0.497 e. The van der Waals surface area contributed by atoms with E-state index >= 15 is 0 Å². The van der Waals surface area contributed by atoms with Gasteiger partial charge in [0.15, 0.2) is 0 Å². The first-order valence-corrected chi connectivity index (χ1v) is 8.51. The van der Waals surface area contributed by atoms with Gasteiger partial charge in [0.1, 0.15) is 11.6 Å². The van der Waals surface area contributed by atoms with Gasteiger partial charge in [-0.15, -0.1) is 0 Å². The maximum Gasteiger partial charge on any atom is 0.309 e. The van der Waals surface area contributed by atoms with Crippen LogP contribution in [0.5, 0.6) is 5.75 Å². The molecule has 1 saturated carbocycles. The van der Waals surface area contributed by atoms with Gasteiger partial charge in [0.2, 0.25) is 0 Å². The van der Waals surface area contributed by atoms with Crippen molar-refractivity contribution in [1.29, 1.82) is 0 Å². The van der Waals surface area contributed by atoms with Gasteiger partial charge in [-0.25, -0.2) is 4.98 Å². The molecule has 2 aromatic rings. The summed E-state index contributed by atoms with van der Waals surface area (Å²) >= 11 is 0. The maximum absolute atomic E-state index is 11.9. The first-order valence-electron chi connectivity index (χ1n) is 8.51. The molecule has 0 radical (unpaired) electrons. The van der Waals surface area contributed by atoms with Crippen LogP contribution in [0.3, 0.4) is 0 Å². The van der Waals surface area contributed by atoms with Crippen LogP contribution in [-0.4, -0.2) is 29.2 Å². The zero-order valence-corrected chi connectivity index (χ0v) is 14.5. The minimum absolute atomic E-state index is 0.146. The highest BCUT2D eigenvalue weighted by molar-refractivity contribution is 5.72. The SMILES string of the molecule is CCOC(=O)C(C)Cc1cnc(-c2ccc(OC)cc2)n1C1CC1. The standard InChI is InChI=1S/C19H24N2O3/c1-4-24-19(22)13(2)11-16-12-20-18(21(16)15-7-8-15)14-5-9-17(23-3)10-6-14/h5-6,9-10,12-13,15H,4,7-8,11H2,1-3H3. The third-order valence-electron chi connectivity index (χ3n) is 4.34. The number of carbonyl (C=O) groups is 1. The zero-order valence-electron chi connectivity index (χ0n) is 14.5. The van der Waals surface area contributed by atoms with Gasteiger partial charge in [0, 0.05) is 29.9 Å². The Balaban J connectivity index is 1.86. The topological polar surface area (TPSA) is 53.4 Å². The molecule has 1 aliphatic carbocycles. The van der Waals surface area contributed by atoms with E-state index < -0.39 is 0 Å². The summed E-state index contributed by atoms with van der Waals surface area (Å²) in [7, 11) is 1.66. The molecule has 5 nitrogen and oxygen atoms in total. The van der Waals surface area contributed by atoms with Crippen molar-refractivity contribution < 1.29 is 14.3 Å². The van der Waals surface area contributed by atoms with E-state index in [4.69, 9.17) is 9.47 Å². The number of esters is 1. The largest absolute Gasteiger partial charge is 0.497 e. The minimum atomic E-state index is -0.164. The van der Waals surface area contributed by atoms with Crippen LogP contribution in [0.4, 0.5) is 0 Å². The van der Waals surface area contributed by atoms with Crippen LogP contribution in [0.1, 0.15) is 38.4 Å². The number of imidazole rings is 1. The second-order valence-electron chi connectivity index (χ2n) is 6.26. The first-order chi connectivity index (χ1) is 11.6. The van der Waals surface area contributed by atoms with Gasteiger partial charge in [0.25, 0.3) is 0 Å². The van der Waals surface area contributed by atoms with Crippen molar-refractivity contribution in [2.75, 3.05) is 13.7 Å². The molecule has 0 aliphatic heterocycles. The van der Waals surface area contributed by atoms with Gasteiger partial charge in [-0.3, -0.25) is 4.79 Å². The van der Waals surface area contributed by atoms with Gasteiger partial charge < -0.3 is 14.0 Å². The Bertz CT molecular complexity index is 702. The number of methoxy groups -OCH3 is 1. The van der Waals surface area contributed by atoms with Crippen LogP contribution in [0, 0.1) is 5.92 Å². The van der Waals surface area contributed by atoms with E-state index in [-0.39, 0.29) is 11.9 Å². The van der Waals surface area contributed by atoms with Gasteiger partial charge in [-0.1, -0.05) is 6.92 Å². The fourth-order valence-corrected chi connectivity index (χ4v) is 2.92. The lowest BCUT2D eigenvalue weighted by molar-refractivity contribution is -0.147. The number of nitrogens with zero attached hydrogens (tertiary/aromatic N) is 2. The molecule has 0 saturated heterocycles. The van der Waals surface area contributed by atoms with Gasteiger partial charge >= 0.3 is 5.97 Å². The molecule has 1 heterocycles. The molecular formula is C19H24N2O3. The van der Waals surface area contributed by atoms with Gasteiger partial charge in [0.05, 0.1) is 19.6 Å². The molecule has 0 amide bonds. The molecule has 0 bridgehead atoms. The molecule has 1 unspecified atom stereocenters. The zero-order chi connectivity index (χ0) is 17.1. The summed E-state index contributed by atoms with van der Waals surface area (Å²) in [4.78, 5) is 16.6. The van der Waals surface area contributed by atoms with Crippen LogP contribution in [0.15, 0.2) is 30.5 Å². The quantitative estimate of drug-likeness (QED) is 0.728. The normalized spacial score (nSPS) is 15.1. The Morgan fingerprint density at radius 1 is 1.33 bits per heavy atom. The van der Waals surface area contributed by atoms with Crippen LogP contribution < -0.4 is 4.74 Å². The predicted octanol–water partition coefficient (Wildman–Crippen LogP) is 3.64. The highest BCUT2D eigenvalue weighted by Crippen LogP contribution is 2.40. The van der Waals surface area contributed by atoms with E-state index in [2.05, 4.69) is 9.55 Å². The van der Waals surface area contributed by atoms with Crippen molar-refractivity contribution in [3.8, 4) is 17.1 Å². The first kappa shape index (κ1) is 16.6. The Morgan fingerprint density at radius 2 is 2.04 bits per heavy atom. The lowest BCUT2D eigenvalue weighted by atomic mass is 10.1. The molecule has 5 heteroatoms.